The lowest BCUT2D eigenvalue weighted by Crippen LogP contribution is -2.37. The van der Waals surface area contributed by atoms with Crippen molar-refractivity contribution in [2.75, 3.05) is 33.2 Å². The first-order valence-corrected chi connectivity index (χ1v) is 10.8. The number of fused-ring (bicyclic) bond motifs is 1. The standard InChI is InChI=1S/C23H27Cl2N3/c1-15-19-13-17(16-7-10-28(11-8-16)12-9-26-2)4-6-22(19)27-23(15)18-3-5-20(24)21(25)14-18/h3-6,13-14,16,26-27H,7-12H2,1-2H3. The molecule has 0 radical (unpaired) electrons. The quantitative estimate of drug-likeness (QED) is 0.547. The van der Waals surface area contributed by atoms with Gasteiger partial charge in [-0.1, -0.05) is 35.3 Å². The third-order valence-electron chi connectivity index (χ3n) is 6.03. The zero-order valence-corrected chi connectivity index (χ0v) is 18.0. The van der Waals surface area contributed by atoms with Crippen LogP contribution in [-0.2, 0) is 0 Å². The molecule has 1 saturated heterocycles. The van der Waals surface area contributed by atoms with E-state index >= 15 is 0 Å². The number of halogens is 2. The minimum Gasteiger partial charge on any atom is -0.354 e. The fraction of sp³-hybridized carbons (Fsp3) is 0.391. The fourth-order valence-corrected chi connectivity index (χ4v) is 4.60. The number of likely N-dealkylation sites (N-methyl/N-ethyl adjacent to an activating group) is 1. The van der Waals surface area contributed by atoms with Gasteiger partial charge in [0.1, 0.15) is 0 Å². The van der Waals surface area contributed by atoms with Crippen molar-refractivity contribution in [3.8, 4) is 11.3 Å². The minimum absolute atomic E-state index is 0.586. The summed E-state index contributed by atoms with van der Waals surface area (Å²) < 4.78 is 0. The molecule has 2 aromatic carbocycles. The summed E-state index contributed by atoms with van der Waals surface area (Å²) in [5, 5.41) is 5.72. The minimum atomic E-state index is 0.586. The van der Waals surface area contributed by atoms with Gasteiger partial charge in [-0.15, -0.1) is 0 Å². The lowest BCUT2D eigenvalue weighted by Gasteiger charge is -2.32. The van der Waals surface area contributed by atoms with E-state index in [4.69, 9.17) is 23.2 Å². The molecule has 3 aromatic rings. The molecule has 1 aromatic heterocycles. The van der Waals surface area contributed by atoms with E-state index in [1.54, 1.807) is 0 Å². The van der Waals surface area contributed by atoms with Gasteiger partial charge in [-0.05, 0) is 86.8 Å². The smallest absolute Gasteiger partial charge is 0.0599 e. The van der Waals surface area contributed by atoms with Gasteiger partial charge in [0.25, 0.3) is 0 Å². The molecule has 1 aliphatic heterocycles. The number of rotatable bonds is 5. The van der Waals surface area contributed by atoms with E-state index in [1.165, 1.54) is 48.0 Å². The van der Waals surface area contributed by atoms with Gasteiger partial charge in [-0.2, -0.15) is 0 Å². The number of aryl methyl sites for hydroxylation is 1. The second-order valence-electron chi connectivity index (χ2n) is 7.78. The molecule has 1 aliphatic rings. The average Bonchev–Trinajstić information content (AvgIpc) is 3.05. The van der Waals surface area contributed by atoms with Gasteiger partial charge < -0.3 is 15.2 Å². The number of hydrogen-bond acceptors (Lipinski definition) is 2. The molecule has 0 unspecified atom stereocenters. The van der Waals surface area contributed by atoms with Crippen molar-refractivity contribution in [1.82, 2.24) is 15.2 Å². The van der Waals surface area contributed by atoms with Crippen molar-refractivity contribution in [2.24, 2.45) is 0 Å². The molecule has 4 rings (SSSR count). The third-order valence-corrected chi connectivity index (χ3v) is 6.77. The molecular formula is C23H27Cl2N3. The molecule has 0 saturated carbocycles. The van der Waals surface area contributed by atoms with Crippen LogP contribution in [0.2, 0.25) is 10.0 Å². The second-order valence-corrected chi connectivity index (χ2v) is 8.59. The summed E-state index contributed by atoms with van der Waals surface area (Å²) in [5.41, 5.74) is 6.09. The zero-order valence-electron chi connectivity index (χ0n) is 16.5. The number of hydrogen-bond donors (Lipinski definition) is 2. The van der Waals surface area contributed by atoms with Crippen LogP contribution < -0.4 is 5.32 Å². The number of likely N-dealkylation sites (tertiary alicyclic amines) is 1. The molecule has 0 atom stereocenters. The number of aromatic nitrogens is 1. The number of nitrogens with one attached hydrogen (secondary N) is 2. The third kappa shape index (κ3) is 3.95. The SMILES string of the molecule is CNCCN1CCC(c2ccc3[nH]c(-c4ccc(Cl)c(Cl)c4)c(C)c3c2)CC1. The maximum absolute atomic E-state index is 6.23. The highest BCUT2D eigenvalue weighted by Crippen LogP contribution is 2.36. The summed E-state index contributed by atoms with van der Waals surface area (Å²) in [5.74, 6) is 0.651. The molecular weight excluding hydrogens is 389 g/mol. The zero-order chi connectivity index (χ0) is 19.7. The van der Waals surface area contributed by atoms with E-state index in [1.807, 2.05) is 25.2 Å². The summed E-state index contributed by atoms with van der Waals surface area (Å²) in [6, 6.07) is 12.7. The van der Waals surface area contributed by atoms with Gasteiger partial charge in [0.05, 0.1) is 10.0 Å². The number of aromatic amines is 1. The summed E-state index contributed by atoms with van der Waals surface area (Å²) in [7, 11) is 2.02. The van der Waals surface area contributed by atoms with E-state index in [9.17, 15) is 0 Å². The van der Waals surface area contributed by atoms with Crippen molar-refractivity contribution in [3.05, 3.63) is 57.6 Å². The Morgan fingerprint density at radius 3 is 2.57 bits per heavy atom. The van der Waals surface area contributed by atoms with Crippen LogP contribution in [0, 0.1) is 6.92 Å². The van der Waals surface area contributed by atoms with Crippen LogP contribution in [0.3, 0.4) is 0 Å². The first kappa shape index (κ1) is 19.8. The Morgan fingerprint density at radius 2 is 1.86 bits per heavy atom. The Hall–Kier alpha value is -1.52. The van der Waals surface area contributed by atoms with Gasteiger partial charge in [-0.3, -0.25) is 0 Å². The largest absolute Gasteiger partial charge is 0.354 e. The summed E-state index contributed by atoms with van der Waals surface area (Å²) in [4.78, 5) is 6.14. The lowest BCUT2D eigenvalue weighted by molar-refractivity contribution is 0.214. The Kier molecular flexibility index (Phi) is 5.98. The van der Waals surface area contributed by atoms with E-state index < -0.39 is 0 Å². The molecule has 2 N–H and O–H groups in total. The second kappa shape index (κ2) is 8.46. The predicted octanol–water partition coefficient (Wildman–Crippen LogP) is 5.85. The van der Waals surface area contributed by atoms with Crippen LogP contribution in [0.4, 0.5) is 0 Å². The van der Waals surface area contributed by atoms with Crippen LogP contribution in [0.25, 0.3) is 22.2 Å². The maximum atomic E-state index is 6.23. The molecule has 5 heteroatoms. The van der Waals surface area contributed by atoms with Gasteiger partial charge in [0.15, 0.2) is 0 Å². The van der Waals surface area contributed by atoms with Crippen molar-refractivity contribution in [1.29, 1.82) is 0 Å². The Bertz CT molecular complexity index is 971. The number of piperidine rings is 1. The van der Waals surface area contributed by atoms with Crippen LogP contribution in [0.5, 0.6) is 0 Å². The maximum Gasteiger partial charge on any atom is 0.0599 e. The number of H-pyrrole nitrogens is 1. The van der Waals surface area contributed by atoms with Crippen molar-refractivity contribution in [3.63, 3.8) is 0 Å². The van der Waals surface area contributed by atoms with Crippen LogP contribution >= 0.6 is 23.2 Å². The monoisotopic (exact) mass is 415 g/mol. The van der Waals surface area contributed by atoms with Crippen LogP contribution in [0.1, 0.15) is 29.9 Å². The van der Waals surface area contributed by atoms with Crippen molar-refractivity contribution in [2.45, 2.75) is 25.7 Å². The molecule has 2 heterocycles. The number of benzene rings is 2. The predicted molar refractivity (Wildman–Crippen MR) is 121 cm³/mol. The van der Waals surface area contributed by atoms with E-state index in [0.29, 0.717) is 16.0 Å². The lowest BCUT2D eigenvalue weighted by atomic mass is 9.88. The highest BCUT2D eigenvalue weighted by atomic mass is 35.5. The van der Waals surface area contributed by atoms with Crippen LogP contribution in [0.15, 0.2) is 36.4 Å². The summed E-state index contributed by atoms with van der Waals surface area (Å²) in [6.07, 6.45) is 2.47. The molecule has 148 valence electrons. The van der Waals surface area contributed by atoms with Gasteiger partial charge in [0.2, 0.25) is 0 Å². The Balaban J connectivity index is 1.58. The van der Waals surface area contributed by atoms with Gasteiger partial charge >= 0.3 is 0 Å². The first-order chi connectivity index (χ1) is 13.6. The topological polar surface area (TPSA) is 31.1 Å². The van der Waals surface area contributed by atoms with Gasteiger partial charge in [0, 0.05) is 29.7 Å². The summed E-state index contributed by atoms with van der Waals surface area (Å²) >= 11 is 12.3. The molecule has 1 fully saturated rings. The van der Waals surface area contributed by atoms with E-state index in [0.717, 1.165) is 24.3 Å². The Morgan fingerprint density at radius 1 is 1.07 bits per heavy atom. The molecule has 0 spiro atoms. The number of nitrogens with zero attached hydrogens (tertiary/aromatic N) is 1. The first-order valence-electron chi connectivity index (χ1n) is 10.0. The van der Waals surface area contributed by atoms with Crippen molar-refractivity contribution < 1.29 is 0 Å². The molecule has 0 aliphatic carbocycles. The normalized spacial score (nSPS) is 16.1. The van der Waals surface area contributed by atoms with Gasteiger partial charge in [-0.25, -0.2) is 0 Å². The summed E-state index contributed by atoms with van der Waals surface area (Å²) in [6.45, 7) is 6.76. The average molecular weight is 416 g/mol. The molecule has 3 nitrogen and oxygen atoms in total. The highest BCUT2D eigenvalue weighted by molar-refractivity contribution is 6.42. The van der Waals surface area contributed by atoms with E-state index in [-0.39, 0.29) is 0 Å². The molecule has 0 bridgehead atoms. The van der Waals surface area contributed by atoms with E-state index in [2.05, 4.69) is 40.3 Å². The molecule has 28 heavy (non-hydrogen) atoms. The fourth-order valence-electron chi connectivity index (χ4n) is 4.30. The van der Waals surface area contributed by atoms with Crippen LogP contribution in [-0.4, -0.2) is 43.1 Å². The van der Waals surface area contributed by atoms with Crippen molar-refractivity contribution >= 4 is 34.1 Å². The highest BCUT2D eigenvalue weighted by Gasteiger charge is 2.21. The molecule has 0 amide bonds. The Labute approximate surface area is 177 Å².